The van der Waals surface area contributed by atoms with E-state index in [0.29, 0.717) is 11.3 Å². The SMILES string of the molecule is COc1ccc([C@H]2CC(=O)c3c(cc(OC)c(OC)c3O)O2)cc1O. The third-order valence-electron chi connectivity index (χ3n) is 4.10. The van der Waals surface area contributed by atoms with Gasteiger partial charge in [0.05, 0.1) is 27.8 Å². The number of carbonyl (C=O) groups is 1. The molecule has 0 amide bonds. The van der Waals surface area contributed by atoms with Gasteiger partial charge in [0.1, 0.15) is 17.4 Å². The number of methoxy groups -OCH3 is 3. The lowest BCUT2D eigenvalue weighted by Crippen LogP contribution is -2.20. The van der Waals surface area contributed by atoms with Gasteiger partial charge in [-0.05, 0) is 17.7 Å². The van der Waals surface area contributed by atoms with Crippen LogP contribution in [0.15, 0.2) is 24.3 Å². The van der Waals surface area contributed by atoms with Crippen molar-refractivity contribution in [2.45, 2.75) is 12.5 Å². The number of hydrogen-bond acceptors (Lipinski definition) is 7. The molecule has 25 heavy (non-hydrogen) atoms. The van der Waals surface area contributed by atoms with Crippen molar-refractivity contribution >= 4 is 5.78 Å². The van der Waals surface area contributed by atoms with E-state index >= 15 is 0 Å². The van der Waals surface area contributed by atoms with Gasteiger partial charge in [0.25, 0.3) is 0 Å². The number of Topliss-reactive ketones (excluding diaryl/α,β-unsaturated/α-hetero) is 1. The van der Waals surface area contributed by atoms with E-state index in [9.17, 15) is 15.0 Å². The average Bonchev–Trinajstić information content (AvgIpc) is 2.60. The standard InChI is InChI=1S/C18H18O7/c1-22-12-5-4-9(6-10(12)19)13-7-11(20)16-14(25-13)8-15(23-2)18(24-3)17(16)21/h4-6,8,13,19,21H,7H2,1-3H3/t13-/m1/s1. The minimum atomic E-state index is -0.602. The molecule has 7 heteroatoms. The Morgan fingerprint density at radius 1 is 1.04 bits per heavy atom. The first kappa shape index (κ1) is 16.8. The third-order valence-corrected chi connectivity index (χ3v) is 4.10. The van der Waals surface area contributed by atoms with Crippen LogP contribution in [0.1, 0.15) is 28.4 Å². The van der Waals surface area contributed by atoms with Gasteiger partial charge in [0, 0.05) is 6.07 Å². The first-order valence-electron chi connectivity index (χ1n) is 7.54. The summed E-state index contributed by atoms with van der Waals surface area (Å²) in [6.07, 6.45) is -0.587. The number of hydrogen-bond donors (Lipinski definition) is 2. The van der Waals surface area contributed by atoms with E-state index in [0.717, 1.165) is 0 Å². The predicted molar refractivity (Wildman–Crippen MR) is 88.2 cm³/mol. The number of aromatic hydroxyl groups is 2. The van der Waals surface area contributed by atoms with Gasteiger partial charge >= 0.3 is 0 Å². The van der Waals surface area contributed by atoms with Crippen LogP contribution in [0, 0.1) is 0 Å². The van der Waals surface area contributed by atoms with E-state index in [1.807, 2.05) is 0 Å². The quantitative estimate of drug-likeness (QED) is 0.879. The van der Waals surface area contributed by atoms with Crippen molar-refractivity contribution in [2.24, 2.45) is 0 Å². The lowest BCUT2D eigenvalue weighted by Gasteiger charge is -2.27. The van der Waals surface area contributed by atoms with Gasteiger partial charge in [0.2, 0.25) is 5.75 Å². The van der Waals surface area contributed by atoms with Gasteiger partial charge in [0.15, 0.2) is 28.8 Å². The third kappa shape index (κ3) is 2.77. The number of phenols is 2. The monoisotopic (exact) mass is 346 g/mol. The Hall–Kier alpha value is -3.09. The van der Waals surface area contributed by atoms with Crippen molar-refractivity contribution in [1.82, 2.24) is 0 Å². The summed E-state index contributed by atoms with van der Waals surface area (Å²) in [5.74, 6) is 0.223. The molecule has 2 aromatic rings. The van der Waals surface area contributed by atoms with Crippen LogP contribution in [-0.2, 0) is 0 Å². The number of benzene rings is 2. The molecular weight excluding hydrogens is 328 g/mol. The van der Waals surface area contributed by atoms with Gasteiger partial charge in [-0.3, -0.25) is 4.79 Å². The Bertz CT molecular complexity index is 829. The highest BCUT2D eigenvalue weighted by molar-refractivity contribution is 6.03. The molecule has 0 aliphatic carbocycles. The molecule has 0 fully saturated rings. The molecule has 0 bridgehead atoms. The van der Waals surface area contributed by atoms with Crippen LogP contribution in [-0.4, -0.2) is 37.3 Å². The largest absolute Gasteiger partial charge is 0.504 e. The molecular formula is C18H18O7. The Kier molecular flexibility index (Phi) is 4.31. The predicted octanol–water partition coefficient (Wildman–Crippen LogP) is 2.83. The Morgan fingerprint density at radius 2 is 1.76 bits per heavy atom. The molecule has 132 valence electrons. The number of phenolic OH excluding ortho intramolecular Hbond substituents is 2. The Morgan fingerprint density at radius 3 is 2.36 bits per heavy atom. The molecule has 0 spiro atoms. The van der Waals surface area contributed by atoms with Crippen LogP contribution in [0.5, 0.6) is 34.5 Å². The van der Waals surface area contributed by atoms with Gasteiger partial charge in [-0.2, -0.15) is 0 Å². The van der Waals surface area contributed by atoms with Crippen molar-refractivity contribution in [3.8, 4) is 34.5 Å². The summed E-state index contributed by atoms with van der Waals surface area (Å²) in [7, 11) is 4.25. The van der Waals surface area contributed by atoms with Gasteiger partial charge < -0.3 is 29.2 Å². The van der Waals surface area contributed by atoms with Crippen molar-refractivity contribution in [3.63, 3.8) is 0 Å². The van der Waals surface area contributed by atoms with Crippen LogP contribution in [0.25, 0.3) is 0 Å². The minimum absolute atomic E-state index is 0.0157. The topological polar surface area (TPSA) is 94.5 Å². The molecule has 1 atom stereocenters. The second kappa shape index (κ2) is 6.43. The fourth-order valence-electron chi connectivity index (χ4n) is 2.87. The van der Waals surface area contributed by atoms with Crippen molar-refractivity contribution < 1.29 is 34.0 Å². The Balaban J connectivity index is 2.02. The highest BCUT2D eigenvalue weighted by Gasteiger charge is 2.33. The molecule has 1 aliphatic heterocycles. The maximum atomic E-state index is 12.5. The molecule has 1 heterocycles. The zero-order valence-corrected chi connectivity index (χ0v) is 14.0. The summed E-state index contributed by atoms with van der Waals surface area (Å²) in [4.78, 5) is 12.5. The maximum absolute atomic E-state index is 12.5. The number of fused-ring (bicyclic) bond motifs is 1. The number of ketones is 1. The molecule has 0 radical (unpaired) electrons. The molecule has 0 aromatic heterocycles. The first-order valence-corrected chi connectivity index (χ1v) is 7.54. The van der Waals surface area contributed by atoms with Crippen LogP contribution in [0.2, 0.25) is 0 Å². The Labute approximate surface area is 144 Å². The van der Waals surface area contributed by atoms with Crippen molar-refractivity contribution in [3.05, 3.63) is 35.4 Å². The number of carbonyl (C=O) groups excluding carboxylic acids is 1. The zero-order chi connectivity index (χ0) is 18.1. The van der Waals surface area contributed by atoms with E-state index in [4.69, 9.17) is 18.9 Å². The molecule has 2 aromatic carbocycles. The highest BCUT2D eigenvalue weighted by atomic mass is 16.5. The van der Waals surface area contributed by atoms with Crippen LogP contribution in [0.3, 0.4) is 0 Å². The molecule has 7 nitrogen and oxygen atoms in total. The van der Waals surface area contributed by atoms with E-state index in [1.165, 1.54) is 33.5 Å². The zero-order valence-electron chi connectivity index (χ0n) is 14.0. The molecule has 0 unspecified atom stereocenters. The second-order valence-corrected chi connectivity index (χ2v) is 5.50. The number of ether oxygens (including phenoxy) is 4. The van der Waals surface area contributed by atoms with Gasteiger partial charge in [-0.1, -0.05) is 6.07 Å². The fourth-order valence-corrected chi connectivity index (χ4v) is 2.87. The smallest absolute Gasteiger partial charge is 0.204 e. The van der Waals surface area contributed by atoms with Crippen LogP contribution >= 0.6 is 0 Å². The van der Waals surface area contributed by atoms with E-state index in [2.05, 4.69) is 0 Å². The minimum Gasteiger partial charge on any atom is -0.504 e. The lowest BCUT2D eigenvalue weighted by molar-refractivity contribution is 0.0842. The second-order valence-electron chi connectivity index (χ2n) is 5.50. The average molecular weight is 346 g/mol. The molecule has 0 saturated heterocycles. The fraction of sp³-hybridized carbons (Fsp3) is 0.278. The van der Waals surface area contributed by atoms with E-state index in [1.54, 1.807) is 12.1 Å². The van der Waals surface area contributed by atoms with Gasteiger partial charge in [-0.15, -0.1) is 0 Å². The molecule has 0 saturated carbocycles. The summed E-state index contributed by atoms with van der Waals surface area (Å²) < 4.78 is 21.2. The highest BCUT2D eigenvalue weighted by Crippen LogP contribution is 2.48. The first-order chi connectivity index (χ1) is 12.0. The van der Waals surface area contributed by atoms with E-state index < -0.39 is 6.10 Å². The van der Waals surface area contributed by atoms with E-state index in [-0.39, 0.29) is 46.5 Å². The molecule has 2 N–H and O–H groups in total. The van der Waals surface area contributed by atoms with Crippen molar-refractivity contribution in [2.75, 3.05) is 21.3 Å². The molecule has 1 aliphatic rings. The maximum Gasteiger partial charge on any atom is 0.204 e. The van der Waals surface area contributed by atoms with Crippen molar-refractivity contribution in [1.29, 1.82) is 0 Å². The molecule has 3 rings (SSSR count). The summed E-state index contributed by atoms with van der Waals surface area (Å²) in [6.45, 7) is 0. The van der Waals surface area contributed by atoms with Crippen LogP contribution in [0.4, 0.5) is 0 Å². The summed E-state index contributed by atoms with van der Waals surface area (Å²) in [5.41, 5.74) is 0.679. The summed E-state index contributed by atoms with van der Waals surface area (Å²) >= 11 is 0. The number of rotatable bonds is 4. The van der Waals surface area contributed by atoms with Crippen LogP contribution < -0.4 is 18.9 Å². The normalized spacial score (nSPS) is 16.0. The summed E-state index contributed by atoms with van der Waals surface area (Å²) in [5, 5.41) is 20.3. The lowest BCUT2D eigenvalue weighted by atomic mass is 9.95. The van der Waals surface area contributed by atoms with Gasteiger partial charge in [-0.25, -0.2) is 0 Å². The summed E-state index contributed by atoms with van der Waals surface area (Å²) in [6, 6.07) is 6.30.